The molecule has 1 radical (unpaired) electrons. The third kappa shape index (κ3) is 4.72. The van der Waals surface area contributed by atoms with Gasteiger partial charge in [-0.15, -0.1) is 0 Å². The van der Waals surface area contributed by atoms with Gasteiger partial charge in [0.1, 0.15) is 6.04 Å². The van der Waals surface area contributed by atoms with Gasteiger partial charge in [-0.05, 0) is 0 Å². The van der Waals surface area contributed by atoms with Crippen molar-refractivity contribution < 1.29 is 9.90 Å². The number of rotatable bonds is 5. The molecule has 1 atom stereocenters. The van der Waals surface area contributed by atoms with E-state index >= 15 is 0 Å². The first-order valence-electron chi connectivity index (χ1n) is 2.59. The molecule has 0 aromatic rings. The minimum atomic E-state index is -0.975. The Morgan fingerprint density at radius 2 is 2.50 bits per heavy atom. The van der Waals surface area contributed by atoms with E-state index < -0.39 is 12.0 Å². The van der Waals surface area contributed by atoms with Crippen molar-refractivity contribution >= 4 is 35.3 Å². The van der Waals surface area contributed by atoms with Gasteiger partial charge in [-0.3, -0.25) is 4.79 Å². The third-order valence-corrected chi connectivity index (χ3v) is 2.05. The first-order valence-corrected chi connectivity index (χ1v) is 4.16. The molecule has 0 amide bonds. The van der Waals surface area contributed by atoms with Crippen LogP contribution in [-0.4, -0.2) is 34.0 Å². The molecule has 0 aliphatic carbocycles. The van der Waals surface area contributed by atoms with Gasteiger partial charge in [-0.2, -0.15) is 11.8 Å². The van der Waals surface area contributed by atoms with Crippen LogP contribution in [-0.2, 0) is 4.79 Å². The fourth-order valence-electron chi connectivity index (χ4n) is 0.299. The summed E-state index contributed by atoms with van der Waals surface area (Å²) in [5, 5.41) is 10.8. The summed E-state index contributed by atoms with van der Waals surface area (Å²) >= 11 is 5.78. The zero-order valence-electron chi connectivity index (χ0n) is 5.24. The molecule has 0 fully saturated rings. The molecule has 5 heteroatoms. The highest BCUT2D eigenvalue weighted by molar-refractivity contribution is 8.00. The van der Waals surface area contributed by atoms with Crippen LogP contribution in [0.3, 0.4) is 0 Å². The van der Waals surface area contributed by atoms with Crippen molar-refractivity contribution in [2.45, 2.75) is 6.04 Å². The highest BCUT2D eigenvalue weighted by atomic mass is 32.2. The predicted molar refractivity (Wildman–Crippen MR) is 45.5 cm³/mol. The number of thioether (sulfide) groups is 1. The molecule has 0 aromatic carbocycles. The fraction of sp³-hybridized carbons (Fsp3) is 0.600. The summed E-state index contributed by atoms with van der Waals surface area (Å²) < 4.78 is 0. The van der Waals surface area contributed by atoms with Crippen molar-refractivity contribution in [1.29, 1.82) is 0 Å². The Bertz CT molecular complexity index is 129. The summed E-state index contributed by atoms with van der Waals surface area (Å²) in [5.41, 5.74) is 5.18. The van der Waals surface area contributed by atoms with Crippen LogP contribution in [0.25, 0.3) is 0 Å². The molecule has 0 aromatic heterocycles. The van der Waals surface area contributed by atoms with Crippen LogP contribution in [0, 0.1) is 0 Å². The lowest BCUT2D eigenvalue weighted by molar-refractivity contribution is -0.137. The van der Waals surface area contributed by atoms with Crippen molar-refractivity contribution in [1.82, 2.24) is 0 Å². The molecule has 57 valence electrons. The Balaban J connectivity index is 3.30. The van der Waals surface area contributed by atoms with E-state index in [-0.39, 0.29) is 0 Å². The molecule has 0 aliphatic rings. The second kappa shape index (κ2) is 5.64. The molecule has 0 aliphatic heterocycles. The minimum Gasteiger partial charge on any atom is -0.480 e. The third-order valence-electron chi connectivity index (χ3n) is 0.776. The van der Waals surface area contributed by atoms with Crippen molar-refractivity contribution in [2.75, 3.05) is 11.5 Å². The normalized spacial score (nSPS) is 12.5. The smallest absolute Gasteiger partial charge is 0.321 e. The maximum atomic E-state index is 10.1. The number of thiocarbonyl (C=S) groups is 1. The number of aliphatic carboxylic acids is 1. The lowest BCUT2D eigenvalue weighted by Crippen LogP contribution is -2.32. The molecule has 0 saturated heterocycles. The van der Waals surface area contributed by atoms with E-state index in [0.29, 0.717) is 11.5 Å². The van der Waals surface area contributed by atoms with E-state index in [2.05, 4.69) is 17.6 Å². The van der Waals surface area contributed by atoms with Crippen LogP contribution < -0.4 is 5.73 Å². The van der Waals surface area contributed by atoms with Crippen LogP contribution in [0.4, 0.5) is 0 Å². The molecule has 0 spiro atoms. The summed E-state index contributed by atoms with van der Waals surface area (Å²) in [5.74, 6) is -0.0354. The maximum absolute atomic E-state index is 10.1. The molecule has 3 N–H and O–H groups in total. The van der Waals surface area contributed by atoms with Gasteiger partial charge in [-0.1, -0.05) is 12.2 Å². The van der Waals surface area contributed by atoms with E-state index in [0.717, 1.165) is 0 Å². The Kier molecular flexibility index (Phi) is 5.57. The zero-order chi connectivity index (χ0) is 7.98. The number of hydrogen-bond donors (Lipinski definition) is 2. The van der Waals surface area contributed by atoms with Crippen LogP contribution in [0.5, 0.6) is 0 Å². The van der Waals surface area contributed by atoms with Gasteiger partial charge < -0.3 is 10.8 Å². The summed E-state index contributed by atoms with van der Waals surface area (Å²) in [6.07, 6.45) is 0. The van der Waals surface area contributed by atoms with Crippen molar-refractivity contribution in [3.05, 3.63) is 0 Å². The molecule has 0 rings (SSSR count). The Labute approximate surface area is 69.0 Å². The molecule has 0 heterocycles. The van der Waals surface area contributed by atoms with Gasteiger partial charge in [0, 0.05) is 16.9 Å². The standard InChI is InChI=1S/C5H8NO2S2/c6-4(5(7)8)3-10-2-1-9/h4H,2-3,6H2,(H,7,8). The highest BCUT2D eigenvalue weighted by Gasteiger charge is 2.09. The van der Waals surface area contributed by atoms with Gasteiger partial charge in [-0.25, -0.2) is 0 Å². The monoisotopic (exact) mass is 178 g/mol. The van der Waals surface area contributed by atoms with Crippen LogP contribution in [0.1, 0.15) is 0 Å². The first-order chi connectivity index (χ1) is 4.68. The van der Waals surface area contributed by atoms with Gasteiger partial charge in [0.25, 0.3) is 0 Å². The van der Waals surface area contributed by atoms with Crippen molar-refractivity contribution in [3.8, 4) is 0 Å². The Morgan fingerprint density at radius 1 is 1.90 bits per heavy atom. The molecule has 1 unspecified atom stereocenters. The molecule has 0 saturated carbocycles. The van der Waals surface area contributed by atoms with E-state index in [1.165, 1.54) is 11.8 Å². The van der Waals surface area contributed by atoms with Gasteiger partial charge >= 0.3 is 5.97 Å². The van der Waals surface area contributed by atoms with Crippen molar-refractivity contribution in [3.63, 3.8) is 0 Å². The van der Waals surface area contributed by atoms with E-state index in [4.69, 9.17) is 10.8 Å². The summed E-state index contributed by atoms with van der Waals surface area (Å²) in [6.45, 7) is 0. The Morgan fingerprint density at radius 3 is 2.90 bits per heavy atom. The van der Waals surface area contributed by atoms with Gasteiger partial charge in [0.15, 0.2) is 0 Å². The van der Waals surface area contributed by atoms with E-state index in [9.17, 15) is 4.79 Å². The highest BCUT2D eigenvalue weighted by Crippen LogP contribution is 1.99. The molecule has 3 nitrogen and oxygen atoms in total. The average molecular weight is 178 g/mol. The predicted octanol–water partition coefficient (Wildman–Crippen LogP) is 0.00820. The fourth-order valence-corrected chi connectivity index (χ4v) is 1.15. The lowest BCUT2D eigenvalue weighted by Gasteiger charge is -2.02. The van der Waals surface area contributed by atoms with Crippen LogP contribution in [0.15, 0.2) is 0 Å². The van der Waals surface area contributed by atoms with E-state index in [1.54, 1.807) is 0 Å². The Hall–Kier alpha value is -0.130. The minimum absolute atomic E-state index is 0.388. The topological polar surface area (TPSA) is 63.3 Å². The lowest BCUT2D eigenvalue weighted by atomic mass is 10.4. The maximum Gasteiger partial charge on any atom is 0.321 e. The molecule has 10 heavy (non-hydrogen) atoms. The quantitative estimate of drug-likeness (QED) is 0.458. The number of carboxylic acid groups (broad SMARTS) is 1. The summed E-state index contributed by atoms with van der Waals surface area (Å²) in [7, 11) is 0. The van der Waals surface area contributed by atoms with Gasteiger partial charge in [0.05, 0.1) is 0 Å². The zero-order valence-corrected chi connectivity index (χ0v) is 6.87. The van der Waals surface area contributed by atoms with Gasteiger partial charge in [0.2, 0.25) is 0 Å². The second-order valence-corrected chi connectivity index (χ2v) is 2.92. The number of hydrogen-bond acceptors (Lipinski definition) is 4. The summed E-state index contributed by atoms with van der Waals surface area (Å²) in [6, 6.07) is -0.784. The summed E-state index contributed by atoms with van der Waals surface area (Å²) in [4.78, 5) is 10.1. The second-order valence-electron chi connectivity index (χ2n) is 1.60. The van der Waals surface area contributed by atoms with Crippen LogP contribution >= 0.6 is 24.0 Å². The number of carboxylic acids is 1. The molecular formula is C5H8NO2S2. The first kappa shape index (κ1) is 9.87. The largest absolute Gasteiger partial charge is 0.480 e. The average Bonchev–Trinajstić information content (AvgIpc) is 1.88. The SMILES string of the molecule is NC(CSC[C]=S)C(=O)O. The molecule has 0 bridgehead atoms. The van der Waals surface area contributed by atoms with E-state index in [1.807, 2.05) is 0 Å². The number of carbonyl (C=O) groups is 1. The van der Waals surface area contributed by atoms with Crippen molar-refractivity contribution in [2.24, 2.45) is 5.73 Å². The van der Waals surface area contributed by atoms with Crippen LogP contribution in [0.2, 0.25) is 0 Å². The number of nitrogens with two attached hydrogens (primary N) is 1. The molecular weight excluding hydrogens is 170 g/mol.